The summed E-state index contributed by atoms with van der Waals surface area (Å²) >= 11 is 13.8. The van der Waals surface area contributed by atoms with Gasteiger partial charge in [-0.1, -0.05) is 31.2 Å². The standard InChI is InChI=1S/C21H34Cl2/c1-16(17-10-6-5-7-11-17)14-21(4,23)15-19(20(2,3)22)18-12-8-9-13-18/h5-6,8,12,16-19H,7,9-11,13-15H2,1-4H3. The summed E-state index contributed by atoms with van der Waals surface area (Å²) in [6, 6.07) is 0. The van der Waals surface area contributed by atoms with E-state index in [0.29, 0.717) is 17.8 Å². The monoisotopic (exact) mass is 356 g/mol. The number of rotatable bonds is 7. The third kappa shape index (κ3) is 5.82. The molecular weight excluding hydrogens is 323 g/mol. The summed E-state index contributed by atoms with van der Waals surface area (Å²) in [5.74, 6) is 2.52. The van der Waals surface area contributed by atoms with Crippen LogP contribution in [0.25, 0.3) is 0 Å². The molecule has 0 aromatic heterocycles. The fourth-order valence-electron chi connectivity index (χ4n) is 4.61. The van der Waals surface area contributed by atoms with Gasteiger partial charge >= 0.3 is 0 Å². The van der Waals surface area contributed by atoms with Gasteiger partial charge in [0.1, 0.15) is 0 Å². The van der Waals surface area contributed by atoms with E-state index in [1.807, 2.05) is 0 Å². The lowest BCUT2D eigenvalue weighted by Gasteiger charge is -2.39. The van der Waals surface area contributed by atoms with Crippen LogP contribution in [-0.4, -0.2) is 9.75 Å². The molecule has 5 unspecified atom stereocenters. The summed E-state index contributed by atoms with van der Waals surface area (Å²) in [6.45, 7) is 8.94. The van der Waals surface area contributed by atoms with Gasteiger partial charge in [0.15, 0.2) is 0 Å². The van der Waals surface area contributed by atoms with Crippen molar-refractivity contribution in [3.8, 4) is 0 Å². The largest absolute Gasteiger partial charge is 0.120 e. The van der Waals surface area contributed by atoms with Crippen molar-refractivity contribution in [1.82, 2.24) is 0 Å². The van der Waals surface area contributed by atoms with Crippen molar-refractivity contribution in [3.05, 3.63) is 24.3 Å². The second kappa shape index (κ2) is 7.96. The molecular formula is C21H34Cl2. The Morgan fingerprint density at radius 1 is 1.00 bits per heavy atom. The first-order valence-electron chi connectivity index (χ1n) is 9.38. The second-order valence-electron chi connectivity index (χ2n) is 8.68. The highest BCUT2D eigenvalue weighted by molar-refractivity contribution is 6.24. The molecule has 0 saturated carbocycles. The summed E-state index contributed by atoms with van der Waals surface area (Å²) in [6.07, 6.45) is 17.7. The molecule has 0 saturated heterocycles. The Balaban J connectivity index is 1.99. The topological polar surface area (TPSA) is 0 Å². The third-order valence-electron chi connectivity index (χ3n) is 5.96. The van der Waals surface area contributed by atoms with E-state index in [-0.39, 0.29) is 9.75 Å². The fraction of sp³-hybridized carbons (Fsp3) is 0.810. The van der Waals surface area contributed by atoms with Crippen molar-refractivity contribution in [1.29, 1.82) is 0 Å². The highest BCUT2D eigenvalue weighted by atomic mass is 35.5. The molecule has 0 N–H and O–H groups in total. The molecule has 2 rings (SSSR count). The maximum atomic E-state index is 7.03. The zero-order valence-electron chi connectivity index (χ0n) is 15.3. The van der Waals surface area contributed by atoms with E-state index in [1.54, 1.807) is 0 Å². The van der Waals surface area contributed by atoms with Crippen molar-refractivity contribution in [3.63, 3.8) is 0 Å². The van der Waals surface area contributed by atoms with Gasteiger partial charge < -0.3 is 0 Å². The Hall–Kier alpha value is 0.0600. The zero-order chi connectivity index (χ0) is 17.1. The molecule has 0 amide bonds. The minimum atomic E-state index is -0.202. The second-order valence-corrected chi connectivity index (χ2v) is 10.6. The Labute approximate surface area is 153 Å². The van der Waals surface area contributed by atoms with Gasteiger partial charge in [0.25, 0.3) is 0 Å². The Morgan fingerprint density at radius 3 is 2.22 bits per heavy atom. The van der Waals surface area contributed by atoms with Crippen molar-refractivity contribution in [2.75, 3.05) is 0 Å². The maximum Gasteiger partial charge on any atom is 0.0425 e. The lowest BCUT2D eigenvalue weighted by atomic mass is 9.73. The van der Waals surface area contributed by atoms with Crippen LogP contribution < -0.4 is 0 Å². The van der Waals surface area contributed by atoms with Crippen LogP contribution in [0, 0.1) is 23.7 Å². The van der Waals surface area contributed by atoms with E-state index in [2.05, 4.69) is 52.0 Å². The average Bonchev–Trinajstić information content (AvgIpc) is 2.98. The van der Waals surface area contributed by atoms with Crippen LogP contribution in [0.2, 0.25) is 0 Å². The predicted octanol–water partition coefficient (Wildman–Crippen LogP) is 7.36. The van der Waals surface area contributed by atoms with Gasteiger partial charge in [-0.15, -0.1) is 23.2 Å². The average molecular weight is 357 g/mol. The molecule has 0 aromatic carbocycles. The molecule has 0 bridgehead atoms. The van der Waals surface area contributed by atoms with Crippen LogP contribution in [-0.2, 0) is 0 Å². The molecule has 0 fully saturated rings. The summed E-state index contributed by atoms with van der Waals surface area (Å²) in [7, 11) is 0. The minimum Gasteiger partial charge on any atom is -0.120 e. The molecule has 2 aliphatic rings. The van der Waals surface area contributed by atoms with E-state index in [1.165, 1.54) is 32.1 Å². The smallest absolute Gasteiger partial charge is 0.0425 e. The first kappa shape index (κ1) is 19.4. The molecule has 5 atom stereocenters. The summed E-state index contributed by atoms with van der Waals surface area (Å²) in [5, 5.41) is 0. The van der Waals surface area contributed by atoms with Gasteiger partial charge in [0, 0.05) is 9.75 Å². The van der Waals surface area contributed by atoms with Crippen LogP contribution >= 0.6 is 23.2 Å². The lowest BCUT2D eigenvalue weighted by Crippen LogP contribution is -2.37. The van der Waals surface area contributed by atoms with E-state index in [4.69, 9.17) is 23.2 Å². The van der Waals surface area contributed by atoms with Gasteiger partial charge in [0.2, 0.25) is 0 Å². The quantitative estimate of drug-likeness (QED) is 0.330. The Kier molecular flexibility index (Phi) is 6.71. The Morgan fingerprint density at radius 2 is 1.70 bits per heavy atom. The van der Waals surface area contributed by atoms with Gasteiger partial charge in [-0.05, 0) is 89.4 Å². The molecule has 0 aromatic rings. The van der Waals surface area contributed by atoms with Crippen molar-refractivity contribution in [2.24, 2.45) is 23.7 Å². The minimum absolute atomic E-state index is 0.159. The third-order valence-corrected chi connectivity index (χ3v) is 6.54. The molecule has 0 heterocycles. The van der Waals surface area contributed by atoms with Gasteiger partial charge in [-0.2, -0.15) is 0 Å². The molecule has 2 aliphatic carbocycles. The van der Waals surface area contributed by atoms with Gasteiger partial charge in [-0.3, -0.25) is 0 Å². The van der Waals surface area contributed by atoms with Crippen molar-refractivity contribution >= 4 is 23.2 Å². The van der Waals surface area contributed by atoms with Gasteiger partial charge in [-0.25, -0.2) is 0 Å². The van der Waals surface area contributed by atoms with Gasteiger partial charge in [0.05, 0.1) is 0 Å². The van der Waals surface area contributed by atoms with E-state index in [9.17, 15) is 0 Å². The fourth-order valence-corrected chi connectivity index (χ4v) is 5.26. The molecule has 0 radical (unpaired) electrons. The summed E-state index contributed by atoms with van der Waals surface area (Å²) in [4.78, 5) is -0.361. The number of halogens is 2. The molecule has 0 aliphatic heterocycles. The van der Waals surface area contributed by atoms with Crippen LogP contribution in [0.5, 0.6) is 0 Å². The number of alkyl halides is 2. The maximum absolute atomic E-state index is 7.03. The van der Waals surface area contributed by atoms with Crippen LogP contribution in [0.4, 0.5) is 0 Å². The molecule has 2 heteroatoms. The predicted molar refractivity (Wildman–Crippen MR) is 104 cm³/mol. The summed E-state index contributed by atoms with van der Waals surface area (Å²) < 4.78 is 0. The number of allylic oxidation sites excluding steroid dienone is 4. The Bertz CT molecular complexity index is 428. The summed E-state index contributed by atoms with van der Waals surface area (Å²) in [5.41, 5.74) is 0. The number of hydrogen-bond donors (Lipinski definition) is 0. The normalized spacial score (nSPS) is 30.2. The van der Waals surface area contributed by atoms with Crippen LogP contribution in [0.3, 0.4) is 0 Å². The molecule has 0 nitrogen and oxygen atoms in total. The zero-order valence-corrected chi connectivity index (χ0v) is 16.8. The first-order valence-corrected chi connectivity index (χ1v) is 10.1. The SMILES string of the molecule is CC(CC(C)(Cl)CC(C1C=CCC1)C(C)(C)Cl)C1CC=CCC1. The van der Waals surface area contributed by atoms with Crippen LogP contribution in [0.15, 0.2) is 24.3 Å². The lowest BCUT2D eigenvalue weighted by molar-refractivity contribution is 0.227. The molecule has 0 spiro atoms. The highest BCUT2D eigenvalue weighted by Crippen LogP contribution is 2.45. The first-order chi connectivity index (χ1) is 10.7. The number of hydrogen-bond acceptors (Lipinski definition) is 0. The van der Waals surface area contributed by atoms with E-state index in [0.717, 1.165) is 18.8 Å². The van der Waals surface area contributed by atoms with Crippen molar-refractivity contribution < 1.29 is 0 Å². The molecule has 132 valence electrons. The van der Waals surface area contributed by atoms with Crippen LogP contribution in [0.1, 0.15) is 72.6 Å². The highest BCUT2D eigenvalue weighted by Gasteiger charge is 2.39. The van der Waals surface area contributed by atoms with E-state index < -0.39 is 0 Å². The van der Waals surface area contributed by atoms with Crippen molar-refractivity contribution in [2.45, 2.75) is 82.4 Å². The molecule has 23 heavy (non-hydrogen) atoms. The van der Waals surface area contributed by atoms with E-state index >= 15 is 0 Å².